The van der Waals surface area contributed by atoms with E-state index >= 15 is 0 Å². The molecule has 0 bridgehead atoms. The van der Waals surface area contributed by atoms with Gasteiger partial charge in [0.2, 0.25) is 5.91 Å². The van der Waals surface area contributed by atoms with Crippen molar-refractivity contribution >= 4 is 5.91 Å². The summed E-state index contributed by atoms with van der Waals surface area (Å²) in [5.74, 6) is -0.0916. The highest BCUT2D eigenvalue weighted by Gasteiger charge is 2.21. The molecule has 1 aliphatic carbocycles. The highest BCUT2D eigenvalue weighted by atomic mass is 16.2. The average Bonchev–Trinajstić information content (AvgIpc) is 2.70. The minimum absolute atomic E-state index is 0.0252. The first kappa shape index (κ1) is 14.6. The summed E-state index contributed by atoms with van der Waals surface area (Å²) in [4.78, 5) is 38.7. The Morgan fingerprint density at radius 2 is 1.95 bits per heavy atom. The van der Waals surface area contributed by atoms with Gasteiger partial charge in [-0.3, -0.25) is 19.1 Å². The minimum Gasteiger partial charge on any atom is -0.341 e. The lowest BCUT2D eigenvalue weighted by molar-refractivity contribution is -0.132. The number of nitrogens with zero attached hydrogens (tertiary/aromatic N) is 2. The van der Waals surface area contributed by atoms with E-state index in [2.05, 4.69) is 4.98 Å². The van der Waals surface area contributed by atoms with Gasteiger partial charge in [-0.1, -0.05) is 25.7 Å². The van der Waals surface area contributed by atoms with E-state index in [1.54, 1.807) is 11.9 Å². The van der Waals surface area contributed by atoms with Gasteiger partial charge in [-0.05, 0) is 12.8 Å². The van der Waals surface area contributed by atoms with Gasteiger partial charge >= 0.3 is 5.69 Å². The monoisotopic (exact) mass is 279 g/mol. The molecule has 1 saturated carbocycles. The van der Waals surface area contributed by atoms with Crippen molar-refractivity contribution in [2.75, 3.05) is 7.05 Å². The minimum atomic E-state index is -0.542. The second-order valence-corrected chi connectivity index (χ2v) is 5.39. The number of rotatable bonds is 3. The molecule has 0 aromatic carbocycles. The molecule has 0 atom stereocenters. The molecule has 0 spiro atoms. The van der Waals surface area contributed by atoms with Crippen LogP contribution in [0.15, 0.2) is 21.9 Å². The molecule has 0 saturated heterocycles. The lowest BCUT2D eigenvalue weighted by atomic mass is 10.1. The van der Waals surface area contributed by atoms with Gasteiger partial charge in [-0.25, -0.2) is 4.79 Å². The fraction of sp³-hybridized carbons (Fsp3) is 0.643. The first-order chi connectivity index (χ1) is 9.58. The predicted molar refractivity (Wildman–Crippen MR) is 75.6 cm³/mol. The molecule has 0 aliphatic heterocycles. The first-order valence-corrected chi connectivity index (χ1v) is 7.13. The lowest BCUT2D eigenvalue weighted by Crippen LogP contribution is -2.41. The quantitative estimate of drug-likeness (QED) is 0.828. The largest absolute Gasteiger partial charge is 0.341 e. The van der Waals surface area contributed by atoms with Gasteiger partial charge in [0.25, 0.3) is 5.56 Å². The fourth-order valence-electron chi connectivity index (χ4n) is 2.67. The van der Waals surface area contributed by atoms with Gasteiger partial charge < -0.3 is 4.90 Å². The molecular formula is C14H21N3O3. The molecule has 6 nitrogen and oxygen atoms in total. The summed E-state index contributed by atoms with van der Waals surface area (Å²) < 4.78 is 1.23. The number of hydrogen-bond acceptors (Lipinski definition) is 3. The number of carbonyl (C=O) groups excluding carboxylic acids is 1. The topological polar surface area (TPSA) is 75.2 Å². The summed E-state index contributed by atoms with van der Waals surface area (Å²) in [7, 11) is 1.80. The van der Waals surface area contributed by atoms with Gasteiger partial charge in [-0.15, -0.1) is 0 Å². The van der Waals surface area contributed by atoms with Crippen molar-refractivity contribution in [3.05, 3.63) is 33.1 Å². The number of hydrogen-bond donors (Lipinski definition) is 1. The van der Waals surface area contributed by atoms with Crippen molar-refractivity contribution in [3.63, 3.8) is 0 Å². The molecule has 1 aromatic heterocycles. The second kappa shape index (κ2) is 6.54. The molecule has 2 rings (SSSR count). The number of likely N-dealkylation sites (N-methyl/N-ethyl adjacent to an activating group) is 1. The van der Waals surface area contributed by atoms with Crippen molar-refractivity contribution < 1.29 is 4.79 Å². The molecule has 1 aromatic rings. The zero-order valence-electron chi connectivity index (χ0n) is 11.8. The number of H-pyrrole nitrogens is 1. The molecule has 0 radical (unpaired) electrons. The second-order valence-electron chi connectivity index (χ2n) is 5.39. The molecule has 1 amide bonds. The molecule has 1 fully saturated rings. The van der Waals surface area contributed by atoms with E-state index in [0.29, 0.717) is 0 Å². The Morgan fingerprint density at radius 1 is 1.30 bits per heavy atom. The summed E-state index contributed by atoms with van der Waals surface area (Å²) >= 11 is 0. The zero-order chi connectivity index (χ0) is 14.5. The van der Waals surface area contributed by atoms with E-state index in [9.17, 15) is 14.4 Å². The smallest absolute Gasteiger partial charge is 0.328 e. The van der Waals surface area contributed by atoms with Crippen LogP contribution in [0, 0.1) is 0 Å². The third-order valence-electron chi connectivity index (χ3n) is 3.97. The lowest BCUT2D eigenvalue weighted by Gasteiger charge is -2.27. The van der Waals surface area contributed by atoms with E-state index in [0.717, 1.165) is 25.7 Å². The Hall–Kier alpha value is -1.85. The molecule has 110 valence electrons. The van der Waals surface area contributed by atoms with Crippen LogP contribution in [0.1, 0.15) is 38.5 Å². The molecule has 20 heavy (non-hydrogen) atoms. The Kier molecular flexibility index (Phi) is 4.76. The van der Waals surface area contributed by atoms with Crippen LogP contribution in [0.2, 0.25) is 0 Å². The van der Waals surface area contributed by atoms with Crippen LogP contribution < -0.4 is 11.2 Å². The summed E-state index contributed by atoms with van der Waals surface area (Å²) in [6.07, 6.45) is 8.20. The van der Waals surface area contributed by atoms with Crippen molar-refractivity contribution in [1.29, 1.82) is 0 Å². The van der Waals surface area contributed by atoms with Gasteiger partial charge in [-0.2, -0.15) is 0 Å². The number of amides is 1. The van der Waals surface area contributed by atoms with Crippen LogP contribution in [0.5, 0.6) is 0 Å². The van der Waals surface area contributed by atoms with Crippen molar-refractivity contribution in [2.24, 2.45) is 0 Å². The maximum Gasteiger partial charge on any atom is 0.328 e. The van der Waals surface area contributed by atoms with Crippen LogP contribution in [-0.2, 0) is 11.3 Å². The summed E-state index contributed by atoms with van der Waals surface area (Å²) in [6, 6.07) is 1.52. The number of aromatic nitrogens is 2. The van der Waals surface area contributed by atoms with Gasteiger partial charge in [0.1, 0.15) is 6.54 Å². The summed E-state index contributed by atoms with van der Waals surface area (Å²) in [5, 5.41) is 0. The first-order valence-electron chi connectivity index (χ1n) is 7.13. The number of nitrogens with one attached hydrogen (secondary N) is 1. The van der Waals surface area contributed by atoms with Crippen LogP contribution in [0.4, 0.5) is 0 Å². The standard InChI is InChI=1S/C14H21N3O3/c1-16(11-6-4-2-3-5-7-11)13(19)10-17-9-8-12(18)15-14(17)20/h8-9,11H,2-7,10H2,1H3,(H,15,18,20). The van der Waals surface area contributed by atoms with Crippen molar-refractivity contribution in [2.45, 2.75) is 51.1 Å². The van der Waals surface area contributed by atoms with E-state index < -0.39 is 11.2 Å². The third kappa shape index (κ3) is 3.59. The molecule has 6 heteroatoms. The highest BCUT2D eigenvalue weighted by Crippen LogP contribution is 2.21. The fourth-order valence-corrected chi connectivity index (χ4v) is 2.67. The van der Waals surface area contributed by atoms with E-state index in [1.807, 2.05) is 0 Å². The number of aromatic amines is 1. The number of carbonyl (C=O) groups is 1. The summed E-state index contributed by atoms with van der Waals surface area (Å²) in [6.45, 7) is -0.0252. The maximum atomic E-state index is 12.2. The molecule has 0 unspecified atom stereocenters. The highest BCUT2D eigenvalue weighted by molar-refractivity contribution is 5.76. The average molecular weight is 279 g/mol. The van der Waals surface area contributed by atoms with Crippen molar-refractivity contribution in [3.8, 4) is 0 Å². The van der Waals surface area contributed by atoms with Crippen molar-refractivity contribution in [1.82, 2.24) is 14.5 Å². The van der Waals surface area contributed by atoms with Gasteiger partial charge in [0, 0.05) is 25.4 Å². The van der Waals surface area contributed by atoms with Crippen LogP contribution in [0.25, 0.3) is 0 Å². The normalized spacial score (nSPS) is 16.6. The zero-order valence-corrected chi connectivity index (χ0v) is 11.8. The predicted octanol–water partition coefficient (Wildman–Crippen LogP) is 0.718. The van der Waals surface area contributed by atoms with E-state index in [-0.39, 0.29) is 18.5 Å². The Labute approximate surface area is 117 Å². The van der Waals surface area contributed by atoms with Crippen LogP contribution in [0.3, 0.4) is 0 Å². The Morgan fingerprint density at radius 3 is 2.55 bits per heavy atom. The SMILES string of the molecule is CN(C(=O)Cn1ccc(=O)[nH]c1=O)C1CCCCCC1. The maximum absolute atomic E-state index is 12.2. The molecule has 1 N–H and O–H groups in total. The van der Waals surface area contributed by atoms with Crippen LogP contribution >= 0.6 is 0 Å². The Bertz CT molecular complexity index is 568. The molecule has 1 aliphatic rings. The van der Waals surface area contributed by atoms with Gasteiger partial charge in [0.15, 0.2) is 0 Å². The van der Waals surface area contributed by atoms with Crippen LogP contribution in [-0.4, -0.2) is 33.4 Å². The van der Waals surface area contributed by atoms with E-state index in [1.165, 1.54) is 29.7 Å². The third-order valence-corrected chi connectivity index (χ3v) is 3.97. The summed E-state index contributed by atoms with van der Waals surface area (Å²) in [5.41, 5.74) is -0.990. The Balaban J connectivity index is 2.03. The molecule has 1 heterocycles. The van der Waals surface area contributed by atoms with Gasteiger partial charge in [0.05, 0.1) is 0 Å². The molecular weight excluding hydrogens is 258 g/mol. The van der Waals surface area contributed by atoms with E-state index in [4.69, 9.17) is 0 Å².